The molecule has 0 amide bonds. The van der Waals surface area contributed by atoms with Gasteiger partial charge in [0, 0.05) is 19.6 Å². The van der Waals surface area contributed by atoms with Crippen molar-refractivity contribution in [3.05, 3.63) is 34.9 Å². The zero-order valence-electron chi connectivity index (χ0n) is 16.2. The molecule has 1 aliphatic heterocycles. The number of carbonyl (C=O) groups is 1. The summed E-state index contributed by atoms with van der Waals surface area (Å²) in [6.07, 6.45) is 5.72. The third kappa shape index (κ3) is 4.47. The Kier molecular flexibility index (Phi) is 6.02. The third-order valence-electron chi connectivity index (χ3n) is 5.64. The average molecular weight is 357 g/mol. The third-order valence-corrected chi connectivity index (χ3v) is 5.64. The van der Waals surface area contributed by atoms with Crippen molar-refractivity contribution in [3.8, 4) is 5.75 Å². The molecule has 0 saturated carbocycles. The molecule has 142 valence electrons. The monoisotopic (exact) mass is 357 g/mol. The minimum atomic E-state index is -0.668. The van der Waals surface area contributed by atoms with E-state index in [4.69, 9.17) is 9.84 Å². The van der Waals surface area contributed by atoms with Crippen molar-refractivity contribution in [1.82, 2.24) is 4.90 Å². The SMILES string of the molecule is CCCC(C)COc1ccc2c(c1)C[C@H](C)C(CN1CC(C(=O)O)C1)=C2. The number of rotatable bonds is 8. The largest absolute Gasteiger partial charge is 0.493 e. The molecule has 1 fully saturated rings. The van der Waals surface area contributed by atoms with Crippen LogP contribution in [0.5, 0.6) is 5.75 Å². The van der Waals surface area contributed by atoms with Gasteiger partial charge in [-0.25, -0.2) is 0 Å². The van der Waals surface area contributed by atoms with E-state index in [0.717, 1.165) is 25.3 Å². The molecular formula is C22H31NO3. The highest BCUT2D eigenvalue weighted by Crippen LogP contribution is 2.32. The van der Waals surface area contributed by atoms with Crippen molar-refractivity contribution in [2.75, 3.05) is 26.2 Å². The van der Waals surface area contributed by atoms with E-state index in [9.17, 15) is 4.79 Å². The van der Waals surface area contributed by atoms with Crippen LogP contribution in [0.25, 0.3) is 6.08 Å². The Hall–Kier alpha value is -1.81. The van der Waals surface area contributed by atoms with Gasteiger partial charge >= 0.3 is 5.97 Å². The molecule has 1 aromatic rings. The van der Waals surface area contributed by atoms with Gasteiger partial charge in [-0.15, -0.1) is 0 Å². The number of hydrogen-bond donors (Lipinski definition) is 1. The normalized spacial score (nSPS) is 21.5. The zero-order valence-corrected chi connectivity index (χ0v) is 16.2. The molecule has 4 heteroatoms. The van der Waals surface area contributed by atoms with Crippen LogP contribution in [0.2, 0.25) is 0 Å². The van der Waals surface area contributed by atoms with Gasteiger partial charge in [-0.3, -0.25) is 9.69 Å². The lowest BCUT2D eigenvalue weighted by Gasteiger charge is -2.38. The fourth-order valence-electron chi connectivity index (χ4n) is 3.92. The summed E-state index contributed by atoms with van der Waals surface area (Å²) >= 11 is 0. The number of ether oxygens (including phenoxy) is 1. The maximum absolute atomic E-state index is 11.0. The maximum Gasteiger partial charge on any atom is 0.309 e. The van der Waals surface area contributed by atoms with Crippen LogP contribution in [0.1, 0.15) is 44.7 Å². The standard InChI is InChI=1S/C22H31NO3/c1-4-5-15(2)14-26-21-7-6-17-9-19(16(3)8-18(17)10-21)11-23-12-20(13-23)22(24)25/h6-7,9-10,15-16,20H,4-5,8,11-14H2,1-3H3,(H,24,25)/t15?,16-/m0/s1. The molecular weight excluding hydrogens is 326 g/mol. The van der Waals surface area contributed by atoms with Gasteiger partial charge in [-0.05, 0) is 47.9 Å². The molecule has 1 heterocycles. The van der Waals surface area contributed by atoms with Gasteiger partial charge in [0.05, 0.1) is 12.5 Å². The smallest absolute Gasteiger partial charge is 0.309 e. The Labute approximate surface area is 156 Å². The Morgan fingerprint density at radius 1 is 1.38 bits per heavy atom. The number of nitrogens with zero attached hydrogens (tertiary/aromatic N) is 1. The number of fused-ring (bicyclic) bond motifs is 1. The molecule has 1 aliphatic carbocycles. The van der Waals surface area contributed by atoms with Gasteiger partial charge in [-0.1, -0.05) is 44.9 Å². The molecule has 1 aromatic carbocycles. The summed E-state index contributed by atoms with van der Waals surface area (Å²) in [6, 6.07) is 6.44. The second-order valence-corrected chi connectivity index (χ2v) is 8.12. The van der Waals surface area contributed by atoms with E-state index in [0.29, 0.717) is 24.9 Å². The first-order valence-electron chi connectivity index (χ1n) is 9.87. The second kappa shape index (κ2) is 8.26. The summed E-state index contributed by atoms with van der Waals surface area (Å²) < 4.78 is 5.99. The lowest BCUT2D eigenvalue weighted by atomic mass is 9.83. The number of hydrogen-bond acceptors (Lipinski definition) is 3. The van der Waals surface area contributed by atoms with Crippen molar-refractivity contribution in [3.63, 3.8) is 0 Å². The summed E-state index contributed by atoms with van der Waals surface area (Å²) in [5, 5.41) is 9.02. The fraction of sp³-hybridized carbons (Fsp3) is 0.591. The van der Waals surface area contributed by atoms with E-state index >= 15 is 0 Å². The number of likely N-dealkylation sites (tertiary alicyclic amines) is 1. The number of benzene rings is 1. The number of carboxylic acids is 1. The van der Waals surface area contributed by atoms with Crippen LogP contribution in [0.15, 0.2) is 23.8 Å². The Bertz CT molecular complexity index is 676. The highest BCUT2D eigenvalue weighted by molar-refractivity contribution is 5.71. The average Bonchev–Trinajstić information content (AvgIpc) is 2.56. The van der Waals surface area contributed by atoms with Gasteiger partial charge in [0.1, 0.15) is 5.75 Å². The molecule has 2 atom stereocenters. The number of carboxylic acid groups (broad SMARTS) is 1. The van der Waals surface area contributed by atoms with Gasteiger partial charge < -0.3 is 9.84 Å². The molecule has 0 bridgehead atoms. The number of aliphatic carboxylic acids is 1. The van der Waals surface area contributed by atoms with E-state index < -0.39 is 5.97 Å². The van der Waals surface area contributed by atoms with E-state index in [2.05, 4.69) is 49.9 Å². The lowest BCUT2D eigenvalue weighted by molar-refractivity contribution is -0.147. The summed E-state index contributed by atoms with van der Waals surface area (Å²) in [5.41, 5.74) is 4.04. The molecule has 3 rings (SSSR count). The fourth-order valence-corrected chi connectivity index (χ4v) is 3.92. The van der Waals surface area contributed by atoms with Crippen molar-refractivity contribution >= 4 is 12.0 Å². The molecule has 1 unspecified atom stereocenters. The topological polar surface area (TPSA) is 49.8 Å². The molecule has 0 spiro atoms. The Balaban J connectivity index is 1.61. The van der Waals surface area contributed by atoms with E-state index in [-0.39, 0.29) is 5.92 Å². The lowest BCUT2D eigenvalue weighted by Crippen LogP contribution is -2.51. The summed E-state index contributed by atoms with van der Waals surface area (Å²) in [6.45, 7) is 9.73. The van der Waals surface area contributed by atoms with E-state index in [1.54, 1.807) is 0 Å². The van der Waals surface area contributed by atoms with Crippen molar-refractivity contribution in [1.29, 1.82) is 0 Å². The van der Waals surface area contributed by atoms with Gasteiger partial charge in [0.2, 0.25) is 0 Å². The minimum Gasteiger partial charge on any atom is -0.493 e. The van der Waals surface area contributed by atoms with Gasteiger partial charge in [0.25, 0.3) is 0 Å². The van der Waals surface area contributed by atoms with Crippen LogP contribution in [0.3, 0.4) is 0 Å². The predicted octanol–water partition coefficient (Wildman–Crippen LogP) is 4.09. The molecule has 0 radical (unpaired) electrons. The summed E-state index contributed by atoms with van der Waals surface area (Å²) in [5.74, 6) is 1.20. The summed E-state index contributed by atoms with van der Waals surface area (Å²) in [4.78, 5) is 13.2. The van der Waals surface area contributed by atoms with Crippen molar-refractivity contribution in [2.24, 2.45) is 17.8 Å². The van der Waals surface area contributed by atoms with Gasteiger partial charge in [0.15, 0.2) is 0 Å². The highest BCUT2D eigenvalue weighted by atomic mass is 16.5. The zero-order chi connectivity index (χ0) is 18.7. The van der Waals surface area contributed by atoms with Crippen molar-refractivity contribution < 1.29 is 14.6 Å². The first kappa shape index (κ1) is 19.0. The first-order chi connectivity index (χ1) is 12.5. The van der Waals surface area contributed by atoms with Crippen LogP contribution in [0, 0.1) is 17.8 Å². The molecule has 4 nitrogen and oxygen atoms in total. The molecule has 2 aliphatic rings. The van der Waals surface area contributed by atoms with Crippen LogP contribution in [0.4, 0.5) is 0 Å². The molecule has 26 heavy (non-hydrogen) atoms. The Morgan fingerprint density at radius 3 is 2.85 bits per heavy atom. The minimum absolute atomic E-state index is 0.184. The maximum atomic E-state index is 11.0. The first-order valence-corrected chi connectivity index (χ1v) is 9.87. The van der Waals surface area contributed by atoms with Gasteiger partial charge in [-0.2, -0.15) is 0 Å². The van der Waals surface area contributed by atoms with Crippen LogP contribution in [-0.2, 0) is 11.2 Å². The Morgan fingerprint density at radius 2 is 2.15 bits per heavy atom. The second-order valence-electron chi connectivity index (χ2n) is 8.12. The molecule has 1 N–H and O–H groups in total. The quantitative estimate of drug-likeness (QED) is 0.761. The van der Waals surface area contributed by atoms with Crippen LogP contribution in [-0.4, -0.2) is 42.2 Å². The van der Waals surface area contributed by atoms with E-state index in [1.807, 2.05) is 0 Å². The van der Waals surface area contributed by atoms with Crippen LogP contribution < -0.4 is 4.74 Å². The highest BCUT2D eigenvalue weighted by Gasteiger charge is 2.33. The van der Waals surface area contributed by atoms with E-state index in [1.165, 1.54) is 29.5 Å². The van der Waals surface area contributed by atoms with Crippen molar-refractivity contribution in [2.45, 2.75) is 40.0 Å². The summed E-state index contributed by atoms with van der Waals surface area (Å²) in [7, 11) is 0. The predicted molar refractivity (Wildman–Crippen MR) is 104 cm³/mol. The molecule has 0 aromatic heterocycles. The van der Waals surface area contributed by atoms with Crippen LogP contribution >= 0.6 is 0 Å². The molecule has 1 saturated heterocycles.